The maximum atomic E-state index is 11.0. The van der Waals surface area contributed by atoms with Gasteiger partial charge in [0.1, 0.15) is 0 Å². The molecule has 4 atom stereocenters. The van der Waals surface area contributed by atoms with Crippen molar-refractivity contribution in [3.05, 3.63) is 60.2 Å². The molecule has 2 aromatic rings. The summed E-state index contributed by atoms with van der Waals surface area (Å²) < 4.78 is 1.97. The van der Waals surface area contributed by atoms with Gasteiger partial charge < -0.3 is 17.7 Å². The van der Waals surface area contributed by atoms with Crippen molar-refractivity contribution in [3.63, 3.8) is 0 Å². The first-order valence-electron chi connectivity index (χ1n) is 7.71. The fraction of sp³-hybridized carbons (Fsp3) is 0.333. The van der Waals surface area contributed by atoms with Crippen LogP contribution < -0.4 is 4.57 Å². The highest BCUT2D eigenvalue weighted by atomic mass is 32.1. The van der Waals surface area contributed by atoms with E-state index in [1.807, 2.05) is 48.0 Å². The molecule has 0 aromatic carbocycles. The molecule has 0 radical (unpaired) electrons. The molecule has 1 aliphatic heterocycles. The van der Waals surface area contributed by atoms with E-state index in [2.05, 4.69) is 16.0 Å². The second-order valence-electron chi connectivity index (χ2n) is 6.16. The van der Waals surface area contributed by atoms with E-state index in [-0.39, 0.29) is 11.0 Å². The number of aliphatic hydroxyl groups is 1. The van der Waals surface area contributed by atoms with Crippen molar-refractivity contribution in [3.8, 4) is 6.07 Å². The van der Waals surface area contributed by atoms with Crippen molar-refractivity contribution in [2.24, 2.45) is 10.9 Å². The van der Waals surface area contributed by atoms with Crippen LogP contribution in [-0.2, 0) is 12.6 Å². The van der Waals surface area contributed by atoms with E-state index in [1.54, 1.807) is 19.3 Å². The van der Waals surface area contributed by atoms with Crippen molar-refractivity contribution in [2.45, 2.75) is 31.5 Å². The molecule has 5 nitrogen and oxygen atoms in total. The Morgan fingerprint density at radius 3 is 2.75 bits per heavy atom. The molecule has 0 saturated heterocycles. The molecule has 1 N–H and O–H groups in total. The lowest BCUT2D eigenvalue weighted by Gasteiger charge is -2.41. The van der Waals surface area contributed by atoms with Crippen LogP contribution in [0.15, 0.2) is 53.9 Å². The summed E-state index contributed by atoms with van der Waals surface area (Å²) in [5.74, 6) is -0.934. The number of pyridine rings is 2. The quantitative estimate of drug-likeness (QED) is 0.669. The molecule has 3 heterocycles. The summed E-state index contributed by atoms with van der Waals surface area (Å²) in [6, 6.07) is 11.4. The predicted octanol–water partition coefficient (Wildman–Crippen LogP) is 1.81. The lowest BCUT2D eigenvalue weighted by molar-refractivity contribution is -0.746. The number of aliphatic imine (C=N–C) groups is 1. The third-order valence-electron chi connectivity index (χ3n) is 4.47. The molecule has 0 spiro atoms. The molecule has 0 aliphatic carbocycles. The van der Waals surface area contributed by atoms with Crippen molar-refractivity contribution >= 4 is 17.7 Å². The SMILES string of the molecule is Cc1cccc[n+]1[C@@H]1[C@@H](c2cccnc2)[C@H](C#N)C([S-])=N[C@]1(C)O. The van der Waals surface area contributed by atoms with E-state index in [0.717, 1.165) is 11.3 Å². The number of nitriles is 1. The minimum atomic E-state index is -1.41. The number of aromatic nitrogens is 2. The number of rotatable bonds is 2. The Labute approximate surface area is 146 Å². The van der Waals surface area contributed by atoms with Gasteiger partial charge in [0.2, 0.25) is 11.8 Å². The molecule has 0 fully saturated rings. The first-order chi connectivity index (χ1) is 11.5. The highest BCUT2D eigenvalue weighted by Gasteiger charge is 2.52. The molecule has 122 valence electrons. The summed E-state index contributed by atoms with van der Waals surface area (Å²) in [5, 5.41) is 20.9. The van der Waals surface area contributed by atoms with Gasteiger partial charge in [0.05, 0.1) is 17.9 Å². The summed E-state index contributed by atoms with van der Waals surface area (Å²) in [7, 11) is 0. The van der Waals surface area contributed by atoms with Crippen LogP contribution in [0.2, 0.25) is 0 Å². The van der Waals surface area contributed by atoms with Crippen LogP contribution >= 0.6 is 0 Å². The van der Waals surface area contributed by atoms with Crippen LogP contribution in [0.25, 0.3) is 0 Å². The van der Waals surface area contributed by atoms with Crippen molar-refractivity contribution < 1.29 is 9.67 Å². The fourth-order valence-corrected chi connectivity index (χ4v) is 3.79. The summed E-state index contributed by atoms with van der Waals surface area (Å²) in [6.07, 6.45) is 5.31. The van der Waals surface area contributed by atoms with Crippen LogP contribution in [0.3, 0.4) is 0 Å². The van der Waals surface area contributed by atoms with Gasteiger partial charge in [0.25, 0.3) is 0 Å². The largest absolute Gasteiger partial charge is 0.764 e. The normalized spacial score (nSPS) is 29.6. The fourth-order valence-electron chi connectivity index (χ4n) is 3.41. The monoisotopic (exact) mass is 338 g/mol. The summed E-state index contributed by atoms with van der Waals surface area (Å²) in [6.45, 7) is 3.60. The van der Waals surface area contributed by atoms with Crippen LogP contribution in [0.1, 0.15) is 30.1 Å². The summed E-state index contributed by atoms with van der Waals surface area (Å²) >= 11 is 5.31. The van der Waals surface area contributed by atoms with E-state index < -0.39 is 17.7 Å². The summed E-state index contributed by atoms with van der Waals surface area (Å²) in [5.41, 5.74) is 0.417. The molecule has 24 heavy (non-hydrogen) atoms. The van der Waals surface area contributed by atoms with Crippen molar-refractivity contribution in [2.75, 3.05) is 0 Å². The first kappa shape index (κ1) is 16.5. The zero-order valence-corrected chi connectivity index (χ0v) is 14.3. The molecule has 1 aliphatic rings. The van der Waals surface area contributed by atoms with Crippen molar-refractivity contribution in [1.82, 2.24) is 4.98 Å². The van der Waals surface area contributed by atoms with E-state index in [4.69, 9.17) is 12.6 Å². The second kappa shape index (κ2) is 6.27. The Bertz CT molecular complexity index is 813. The minimum absolute atomic E-state index is 0.238. The Morgan fingerprint density at radius 1 is 1.33 bits per heavy atom. The molecule has 0 saturated carbocycles. The van der Waals surface area contributed by atoms with Gasteiger partial charge in [-0.3, -0.25) is 9.98 Å². The zero-order chi connectivity index (χ0) is 17.3. The molecule has 6 heteroatoms. The Morgan fingerprint density at radius 2 is 2.12 bits per heavy atom. The highest BCUT2D eigenvalue weighted by molar-refractivity contribution is 7.77. The topological polar surface area (TPSA) is 73.2 Å². The van der Waals surface area contributed by atoms with Crippen LogP contribution in [-0.4, -0.2) is 20.9 Å². The molecular formula is C18H18N4OS. The van der Waals surface area contributed by atoms with E-state index in [0.29, 0.717) is 0 Å². The Balaban J connectivity index is 2.25. The van der Waals surface area contributed by atoms with Crippen LogP contribution in [0.4, 0.5) is 0 Å². The van der Waals surface area contributed by atoms with E-state index >= 15 is 0 Å². The summed E-state index contributed by atoms with van der Waals surface area (Å²) in [4.78, 5) is 8.44. The third kappa shape index (κ3) is 2.77. The predicted molar refractivity (Wildman–Crippen MR) is 91.9 cm³/mol. The Kier molecular flexibility index (Phi) is 4.31. The van der Waals surface area contributed by atoms with Gasteiger partial charge in [-0.25, -0.2) is 0 Å². The van der Waals surface area contributed by atoms with Crippen LogP contribution in [0, 0.1) is 24.2 Å². The van der Waals surface area contributed by atoms with E-state index in [9.17, 15) is 10.4 Å². The number of aryl methyl sites for hydroxylation is 1. The van der Waals surface area contributed by atoms with Gasteiger partial charge >= 0.3 is 0 Å². The standard InChI is InChI=1S/C18H18N4OS/c1-12-6-3-4-9-22(12)16-15(13-7-5-8-20-11-13)14(10-19)17(24)21-18(16,2)23/h3-9,11,14-16,23H,1-2H3/t14-,15-,16+,18+/m0/s1. The van der Waals surface area contributed by atoms with Gasteiger partial charge in [0, 0.05) is 31.5 Å². The lowest BCUT2D eigenvalue weighted by Crippen LogP contribution is -2.59. The second-order valence-corrected chi connectivity index (χ2v) is 6.58. The average Bonchev–Trinajstić information content (AvgIpc) is 2.55. The van der Waals surface area contributed by atoms with Crippen molar-refractivity contribution in [1.29, 1.82) is 5.26 Å². The molecule has 3 rings (SSSR count). The van der Waals surface area contributed by atoms with Crippen LogP contribution in [0.5, 0.6) is 0 Å². The van der Waals surface area contributed by atoms with Gasteiger partial charge in [0.15, 0.2) is 11.9 Å². The molecule has 0 unspecified atom stereocenters. The molecule has 2 aromatic heterocycles. The first-order valence-corrected chi connectivity index (χ1v) is 8.12. The minimum Gasteiger partial charge on any atom is -0.764 e. The zero-order valence-electron chi connectivity index (χ0n) is 13.5. The molecule has 0 bridgehead atoms. The highest BCUT2D eigenvalue weighted by Crippen LogP contribution is 2.43. The lowest BCUT2D eigenvalue weighted by atomic mass is 9.75. The smallest absolute Gasteiger partial charge is 0.215 e. The third-order valence-corrected chi connectivity index (χ3v) is 4.82. The molecule has 0 amide bonds. The number of hydrogen-bond acceptors (Lipinski definition) is 5. The van der Waals surface area contributed by atoms with Gasteiger partial charge in [-0.15, -0.1) is 0 Å². The van der Waals surface area contributed by atoms with E-state index in [1.165, 1.54) is 0 Å². The van der Waals surface area contributed by atoms with Gasteiger partial charge in [-0.2, -0.15) is 9.83 Å². The average molecular weight is 338 g/mol. The molecular weight excluding hydrogens is 320 g/mol. The van der Waals surface area contributed by atoms with Gasteiger partial charge in [-0.1, -0.05) is 17.2 Å². The Hall–Kier alpha value is -2.36. The number of nitrogens with zero attached hydrogens (tertiary/aromatic N) is 4. The maximum absolute atomic E-state index is 11.0. The van der Waals surface area contributed by atoms with Gasteiger partial charge in [-0.05, 0) is 18.6 Å². The number of hydrogen-bond donors (Lipinski definition) is 1. The maximum Gasteiger partial charge on any atom is 0.215 e.